The summed E-state index contributed by atoms with van der Waals surface area (Å²) in [4.78, 5) is 19.9. The Morgan fingerprint density at radius 3 is 2.89 bits per heavy atom. The van der Waals surface area contributed by atoms with Crippen LogP contribution in [0.5, 0.6) is 0 Å². The summed E-state index contributed by atoms with van der Waals surface area (Å²) in [6, 6.07) is 0. The van der Waals surface area contributed by atoms with Crippen LogP contribution < -0.4 is 0 Å². The predicted octanol–water partition coefficient (Wildman–Crippen LogP) is 1.61. The molecule has 1 atom stereocenters. The highest BCUT2D eigenvalue weighted by atomic mass is 16.5. The minimum Gasteiger partial charge on any atom is -0.452 e. The van der Waals surface area contributed by atoms with E-state index < -0.39 is 12.1 Å². The second kappa shape index (κ2) is 5.39. The Labute approximate surface area is 105 Å². The molecule has 2 aromatic rings. The van der Waals surface area contributed by atoms with Crippen molar-refractivity contribution in [2.75, 3.05) is 0 Å². The smallest absolute Gasteiger partial charge is 0.341 e. The van der Waals surface area contributed by atoms with E-state index in [0.717, 1.165) is 0 Å². The third-order valence-corrected chi connectivity index (χ3v) is 2.48. The standard InChI is InChI=1S/C12H14N4O2/c1-3-16-8-10(6-15-16)12(17)18-9(2)11-7-13-4-5-14-11/h4-9H,3H2,1-2H3/t9-/m1/s1. The van der Waals surface area contributed by atoms with Crippen molar-refractivity contribution in [1.82, 2.24) is 19.7 Å². The number of hydrogen-bond donors (Lipinski definition) is 0. The van der Waals surface area contributed by atoms with Gasteiger partial charge in [-0.2, -0.15) is 5.10 Å². The molecule has 2 aromatic heterocycles. The summed E-state index contributed by atoms with van der Waals surface area (Å²) in [5, 5.41) is 4.02. The third kappa shape index (κ3) is 2.71. The molecule has 0 radical (unpaired) electrons. The number of ether oxygens (including phenoxy) is 1. The van der Waals surface area contributed by atoms with Crippen molar-refractivity contribution in [3.8, 4) is 0 Å². The number of nitrogens with zero attached hydrogens (tertiary/aromatic N) is 4. The summed E-state index contributed by atoms with van der Waals surface area (Å²) in [6.45, 7) is 4.42. The van der Waals surface area contributed by atoms with Crippen molar-refractivity contribution in [3.63, 3.8) is 0 Å². The first kappa shape index (κ1) is 12.2. The van der Waals surface area contributed by atoms with Crippen molar-refractivity contribution >= 4 is 5.97 Å². The molecular formula is C12H14N4O2. The normalized spacial score (nSPS) is 12.1. The molecule has 0 aromatic carbocycles. The Morgan fingerprint density at radius 2 is 2.28 bits per heavy atom. The average molecular weight is 246 g/mol. The van der Waals surface area contributed by atoms with Gasteiger partial charge in [0.2, 0.25) is 0 Å². The molecule has 0 fully saturated rings. The van der Waals surface area contributed by atoms with Gasteiger partial charge in [-0.3, -0.25) is 14.6 Å². The van der Waals surface area contributed by atoms with Gasteiger partial charge in [-0.1, -0.05) is 0 Å². The van der Waals surface area contributed by atoms with Crippen molar-refractivity contribution in [1.29, 1.82) is 0 Å². The molecule has 94 valence electrons. The van der Waals surface area contributed by atoms with E-state index in [1.165, 1.54) is 6.20 Å². The minimum absolute atomic E-state index is 0.409. The lowest BCUT2D eigenvalue weighted by atomic mass is 10.3. The molecule has 0 aliphatic rings. The van der Waals surface area contributed by atoms with E-state index in [9.17, 15) is 4.79 Å². The summed E-state index contributed by atoms with van der Waals surface area (Å²) in [6.07, 6.45) is 7.43. The van der Waals surface area contributed by atoms with Crippen LogP contribution in [0.25, 0.3) is 0 Å². The molecule has 2 rings (SSSR count). The van der Waals surface area contributed by atoms with Gasteiger partial charge in [-0.05, 0) is 13.8 Å². The van der Waals surface area contributed by atoms with Crippen molar-refractivity contribution < 1.29 is 9.53 Å². The van der Waals surface area contributed by atoms with Crippen LogP contribution in [-0.2, 0) is 11.3 Å². The first-order chi connectivity index (χ1) is 8.70. The molecule has 6 nitrogen and oxygen atoms in total. The molecular weight excluding hydrogens is 232 g/mol. The number of esters is 1. The van der Waals surface area contributed by atoms with E-state index in [-0.39, 0.29) is 0 Å². The molecule has 18 heavy (non-hydrogen) atoms. The maximum Gasteiger partial charge on any atom is 0.341 e. The number of carbonyl (C=O) groups excluding carboxylic acids is 1. The van der Waals surface area contributed by atoms with E-state index in [2.05, 4.69) is 15.1 Å². The molecule has 0 aliphatic carbocycles. The number of rotatable bonds is 4. The van der Waals surface area contributed by atoms with Crippen molar-refractivity contribution in [3.05, 3.63) is 42.2 Å². The van der Waals surface area contributed by atoms with Gasteiger partial charge < -0.3 is 4.74 Å². The molecule has 6 heteroatoms. The zero-order chi connectivity index (χ0) is 13.0. The fourth-order valence-corrected chi connectivity index (χ4v) is 1.45. The van der Waals surface area contributed by atoms with Crippen molar-refractivity contribution in [2.45, 2.75) is 26.5 Å². The lowest BCUT2D eigenvalue weighted by Gasteiger charge is -2.10. The van der Waals surface area contributed by atoms with E-state index in [0.29, 0.717) is 17.8 Å². The molecule has 0 spiro atoms. The number of aromatic nitrogens is 4. The highest BCUT2D eigenvalue weighted by Crippen LogP contribution is 2.15. The van der Waals surface area contributed by atoms with E-state index >= 15 is 0 Å². The third-order valence-electron chi connectivity index (χ3n) is 2.48. The van der Waals surface area contributed by atoms with Crippen LogP contribution in [0.15, 0.2) is 31.0 Å². The van der Waals surface area contributed by atoms with Gasteiger partial charge in [0.25, 0.3) is 0 Å². The lowest BCUT2D eigenvalue weighted by Crippen LogP contribution is -2.10. The highest BCUT2D eigenvalue weighted by molar-refractivity contribution is 5.88. The SMILES string of the molecule is CCn1cc(C(=O)O[C@H](C)c2cnccn2)cn1. The summed E-state index contributed by atoms with van der Waals surface area (Å²) >= 11 is 0. The Kier molecular flexibility index (Phi) is 3.66. The first-order valence-corrected chi connectivity index (χ1v) is 5.70. The Bertz CT molecular complexity index is 524. The van der Waals surface area contributed by atoms with Crippen LogP contribution >= 0.6 is 0 Å². The van der Waals surface area contributed by atoms with E-state index in [4.69, 9.17) is 4.74 Å². The Balaban J connectivity index is 2.03. The van der Waals surface area contributed by atoms with Gasteiger partial charge in [0.1, 0.15) is 6.10 Å². The van der Waals surface area contributed by atoms with Gasteiger partial charge in [-0.15, -0.1) is 0 Å². The monoisotopic (exact) mass is 246 g/mol. The van der Waals surface area contributed by atoms with Gasteiger partial charge in [0.05, 0.1) is 23.7 Å². The molecule has 0 N–H and O–H groups in total. The number of hydrogen-bond acceptors (Lipinski definition) is 5. The molecule has 0 bridgehead atoms. The second-order valence-electron chi connectivity index (χ2n) is 3.76. The van der Waals surface area contributed by atoms with Crippen molar-refractivity contribution in [2.24, 2.45) is 0 Å². The fraction of sp³-hybridized carbons (Fsp3) is 0.333. The molecule has 0 saturated carbocycles. The molecule has 0 saturated heterocycles. The van der Waals surface area contributed by atoms with Gasteiger partial charge >= 0.3 is 5.97 Å². The largest absolute Gasteiger partial charge is 0.452 e. The maximum atomic E-state index is 11.8. The van der Waals surface area contributed by atoms with Crippen LogP contribution in [0.1, 0.15) is 36.0 Å². The Morgan fingerprint density at radius 1 is 1.44 bits per heavy atom. The number of carbonyl (C=O) groups is 1. The topological polar surface area (TPSA) is 69.9 Å². The van der Waals surface area contributed by atoms with Crippen LogP contribution in [-0.4, -0.2) is 25.7 Å². The minimum atomic E-state index is -0.434. The summed E-state index contributed by atoms with van der Waals surface area (Å²) < 4.78 is 6.96. The van der Waals surface area contributed by atoms with Crippen LogP contribution in [0.3, 0.4) is 0 Å². The zero-order valence-corrected chi connectivity index (χ0v) is 10.3. The fourth-order valence-electron chi connectivity index (χ4n) is 1.45. The molecule has 0 amide bonds. The average Bonchev–Trinajstić information content (AvgIpc) is 2.88. The van der Waals surface area contributed by atoms with Crippen LogP contribution in [0, 0.1) is 0 Å². The van der Waals surface area contributed by atoms with E-state index in [1.807, 2.05) is 6.92 Å². The zero-order valence-electron chi connectivity index (χ0n) is 10.3. The van der Waals surface area contributed by atoms with Gasteiger partial charge in [0.15, 0.2) is 0 Å². The number of aryl methyl sites for hydroxylation is 1. The summed E-state index contributed by atoms with van der Waals surface area (Å²) in [7, 11) is 0. The quantitative estimate of drug-likeness (QED) is 0.766. The van der Waals surface area contributed by atoms with Gasteiger partial charge in [-0.25, -0.2) is 4.79 Å². The van der Waals surface area contributed by atoms with Crippen LogP contribution in [0.2, 0.25) is 0 Å². The maximum absolute atomic E-state index is 11.8. The summed E-state index contributed by atoms with van der Waals surface area (Å²) in [5.41, 5.74) is 1.06. The molecule has 2 heterocycles. The first-order valence-electron chi connectivity index (χ1n) is 5.70. The molecule has 0 unspecified atom stereocenters. The second-order valence-corrected chi connectivity index (χ2v) is 3.76. The van der Waals surface area contributed by atoms with E-state index in [1.54, 1.807) is 36.4 Å². The lowest BCUT2D eigenvalue weighted by molar-refractivity contribution is 0.0328. The molecule has 0 aliphatic heterocycles. The Hall–Kier alpha value is -2.24. The predicted molar refractivity (Wildman–Crippen MR) is 63.8 cm³/mol. The summed E-state index contributed by atoms with van der Waals surface area (Å²) in [5.74, 6) is -0.409. The highest BCUT2D eigenvalue weighted by Gasteiger charge is 2.16. The van der Waals surface area contributed by atoms with Crippen LogP contribution in [0.4, 0.5) is 0 Å². The van der Waals surface area contributed by atoms with Gasteiger partial charge in [0, 0.05) is 25.1 Å².